The zero-order valence-electron chi connectivity index (χ0n) is 19.2. The molecule has 0 unspecified atom stereocenters. The second kappa shape index (κ2) is 9.02. The molecule has 0 aliphatic carbocycles. The molecule has 0 fully saturated rings. The van der Waals surface area contributed by atoms with Crippen LogP contribution in [0.1, 0.15) is 32.3 Å². The van der Waals surface area contributed by atoms with Crippen LogP contribution in [0.15, 0.2) is 54.6 Å². The molecule has 1 aliphatic heterocycles. The lowest BCUT2D eigenvalue weighted by molar-refractivity contribution is 0.262. The smallest absolute Gasteiger partial charge is 0.325 e. The lowest BCUT2D eigenvalue weighted by Crippen LogP contribution is -2.31. The van der Waals surface area contributed by atoms with Gasteiger partial charge in [-0.1, -0.05) is 48.9 Å². The number of hydrogen-bond acceptors (Lipinski definition) is 5. The van der Waals surface area contributed by atoms with Crippen molar-refractivity contribution in [2.75, 3.05) is 22.1 Å². The van der Waals surface area contributed by atoms with E-state index < -0.39 is 6.03 Å². The highest BCUT2D eigenvalue weighted by Crippen LogP contribution is 2.55. The number of carbonyl (C=O) groups is 1. The molecule has 9 heteroatoms. The average molecular weight is 511 g/mol. The Hall–Kier alpha value is -3.36. The third-order valence-corrected chi connectivity index (χ3v) is 7.98. The minimum atomic E-state index is -0.469. The van der Waals surface area contributed by atoms with Gasteiger partial charge < -0.3 is 15.3 Å². The van der Waals surface area contributed by atoms with Gasteiger partial charge in [0.05, 0.1) is 27.3 Å². The molecular formula is C26H24ClFN4O2S. The summed E-state index contributed by atoms with van der Waals surface area (Å²) in [6, 6.07) is 14.6. The Morgan fingerprint density at radius 1 is 1.17 bits per heavy atom. The van der Waals surface area contributed by atoms with Crippen LogP contribution in [0.3, 0.4) is 0 Å². The number of phenols is 1. The molecule has 0 radical (unpaired) electrons. The topological polar surface area (TPSA) is 77.5 Å². The molecule has 180 valence electrons. The summed E-state index contributed by atoms with van der Waals surface area (Å²) in [6.07, 6.45) is 1.70. The third kappa shape index (κ3) is 4.06. The summed E-state index contributed by atoms with van der Waals surface area (Å²) in [5.41, 5.74) is 3.32. The molecule has 5 rings (SSSR count). The summed E-state index contributed by atoms with van der Waals surface area (Å²) in [5.74, 6) is -0.204. The molecule has 1 aliphatic rings. The first-order valence-electron chi connectivity index (χ1n) is 11.4. The Labute approximate surface area is 211 Å². The molecule has 0 saturated heterocycles. The third-order valence-electron chi connectivity index (χ3n) is 6.73. The summed E-state index contributed by atoms with van der Waals surface area (Å²) < 4.78 is 14.2. The van der Waals surface area contributed by atoms with Gasteiger partial charge in [-0.3, -0.25) is 5.32 Å². The highest BCUT2D eigenvalue weighted by Gasteiger charge is 2.44. The SMILES string of the molecule is CCC1(CC)CN(c2ccccc2NC(=O)Nc2nc3ccc(F)cc3s2)c2c(O)ccc(Cl)c21. The number of hydrogen-bond donors (Lipinski definition) is 3. The van der Waals surface area contributed by atoms with Crippen molar-refractivity contribution in [2.45, 2.75) is 32.1 Å². The number of phenolic OH excluding ortho intramolecular Hbond substituents is 1. The largest absolute Gasteiger partial charge is 0.506 e. The van der Waals surface area contributed by atoms with Crippen LogP contribution in [0.5, 0.6) is 5.75 Å². The number of amides is 2. The minimum absolute atomic E-state index is 0.147. The Morgan fingerprint density at radius 3 is 2.71 bits per heavy atom. The van der Waals surface area contributed by atoms with E-state index in [-0.39, 0.29) is 17.0 Å². The zero-order valence-corrected chi connectivity index (χ0v) is 20.8. The molecule has 4 aromatic rings. The van der Waals surface area contributed by atoms with Gasteiger partial charge in [-0.15, -0.1) is 0 Å². The number of benzene rings is 3. The first-order chi connectivity index (χ1) is 16.8. The average Bonchev–Trinajstić information content (AvgIpc) is 3.41. The van der Waals surface area contributed by atoms with Crippen molar-refractivity contribution in [3.63, 3.8) is 0 Å². The zero-order chi connectivity index (χ0) is 24.7. The van der Waals surface area contributed by atoms with Crippen LogP contribution >= 0.6 is 22.9 Å². The molecule has 0 saturated carbocycles. The van der Waals surface area contributed by atoms with Crippen molar-refractivity contribution in [1.29, 1.82) is 0 Å². The van der Waals surface area contributed by atoms with Gasteiger partial charge in [-0.2, -0.15) is 0 Å². The van der Waals surface area contributed by atoms with E-state index in [0.29, 0.717) is 38.3 Å². The number of carbonyl (C=O) groups excluding carboxylic acids is 1. The number of fused-ring (bicyclic) bond motifs is 2. The number of nitrogens with one attached hydrogen (secondary N) is 2. The Morgan fingerprint density at radius 2 is 1.94 bits per heavy atom. The predicted octanol–water partition coefficient (Wildman–Crippen LogP) is 7.65. The molecule has 6 nitrogen and oxygen atoms in total. The number of anilines is 4. The Bertz CT molecular complexity index is 1440. The summed E-state index contributed by atoms with van der Waals surface area (Å²) in [6.45, 7) is 4.87. The molecule has 35 heavy (non-hydrogen) atoms. The minimum Gasteiger partial charge on any atom is -0.506 e. The number of aromatic nitrogens is 1. The molecule has 2 amide bonds. The fourth-order valence-corrected chi connectivity index (χ4v) is 6.08. The van der Waals surface area contributed by atoms with Gasteiger partial charge in [0.1, 0.15) is 11.6 Å². The van der Waals surface area contributed by atoms with Crippen molar-refractivity contribution in [3.8, 4) is 5.75 Å². The second-order valence-electron chi connectivity index (χ2n) is 8.59. The van der Waals surface area contributed by atoms with E-state index in [0.717, 1.165) is 24.1 Å². The van der Waals surface area contributed by atoms with Gasteiger partial charge in [0.2, 0.25) is 0 Å². The van der Waals surface area contributed by atoms with Gasteiger partial charge in [-0.25, -0.2) is 14.2 Å². The van der Waals surface area contributed by atoms with Gasteiger partial charge in [-0.05, 0) is 55.3 Å². The number of para-hydroxylation sites is 2. The Kier molecular flexibility index (Phi) is 6.02. The fraction of sp³-hybridized carbons (Fsp3) is 0.231. The molecule has 0 spiro atoms. The number of halogens is 2. The van der Waals surface area contributed by atoms with Crippen molar-refractivity contribution >= 4 is 61.4 Å². The highest BCUT2D eigenvalue weighted by atomic mass is 35.5. The van der Waals surface area contributed by atoms with Crippen molar-refractivity contribution in [1.82, 2.24) is 4.98 Å². The molecule has 0 atom stereocenters. The van der Waals surface area contributed by atoms with Crippen LogP contribution in [0.2, 0.25) is 5.02 Å². The van der Waals surface area contributed by atoms with E-state index in [4.69, 9.17) is 11.6 Å². The molecule has 3 N–H and O–H groups in total. The van der Waals surface area contributed by atoms with E-state index in [9.17, 15) is 14.3 Å². The van der Waals surface area contributed by atoms with Crippen molar-refractivity contribution in [2.24, 2.45) is 0 Å². The maximum atomic E-state index is 13.5. The summed E-state index contributed by atoms with van der Waals surface area (Å²) in [4.78, 5) is 19.3. The van der Waals surface area contributed by atoms with E-state index in [2.05, 4.69) is 29.5 Å². The quantitative estimate of drug-likeness (QED) is 0.257. The molecule has 2 heterocycles. The maximum Gasteiger partial charge on any atom is 0.325 e. The van der Waals surface area contributed by atoms with Crippen LogP contribution in [0, 0.1) is 5.82 Å². The van der Waals surface area contributed by atoms with Gasteiger partial charge in [0.25, 0.3) is 0 Å². The fourth-order valence-electron chi connectivity index (χ4n) is 4.84. The lowest BCUT2D eigenvalue weighted by atomic mass is 9.77. The first kappa shape index (κ1) is 23.4. The number of urea groups is 1. The van der Waals surface area contributed by atoms with Crippen molar-refractivity contribution < 1.29 is 14.3 Å². The molecule has 3 aromatic carbocycles. The predicted molar refractivity (Wildman–Crippen MR) is 141 cm³/mol. The summed E-state index contributed by atoms with van der Waals surface area (Å²) in [5, 5.41) is 17.5. The van der Waals surface area contributed by atoms with Crippen LogP contribution in [-0.2, 0) is 5.41 Å². The normalized spacial score (nSPS) is 14.2. The van der Waals surface area contributed by atoms with Gasteiger partial charge in [0, 0.05) is 22.5 Å². The summed E-state index contributed by atoms with van der Waals surface area (Å²) in [7, 11) is 0. The van der Waals surface area contributed by atoms with Gasteiger partial charge in [0.15, 0.2) is 5.13 Å². The van der Waals surface area contributed by atoms with Crippen LogP contribution in [-0.4, -0.2) is 22.7 Å². The number of thiazole rings is 1. The van der Waals surface area contributed by atoms with Crippen LogP contribution < -0.4 is 15.5 Å². The lowest BCUT2D eigenvalue weighted by Gasteiger charge is -2.29. The van der Waals surface area contributed by atoms with Crippen molar-refractivity contribution in [3.05, 3.63) is 71.0 Å². The van der Waals surface area contributed by atoms with Gasteiger partial charge >= 0.3 is 6.03 Å². The number of aromatic hydroxyl groups is 1. The van der Waals surface area contributed by atoms with Crippen LogP contribution in [0.4, 0.5) is 31.4 Å². The number of rotatable bonds is 5. The van der Waals surface area contributed by atoms with E-state index in [1.807, 2.05) is 29.2 Å². The molecule has 0 bridgehead atoms. The first-order valence-corrected chi connectivity index (χ1v) is 12.6. The van der Waals surface area contributed by atoms with Crippen LogP contribution in [0.25, 0.3) is 10.2 Å². The highest BCUT2D eigenvalue weighted by molar-refractivity contribution is 7.22. The molecule has 1 aromatic heterocycles. The van der Waals surface area contributed by atoms with E-state index in [1.54, 1.807) is 18.2 Å². The molecular weight excluding hydrogens is 487 g/mol. The van der Waals surface area contributed by atoms with E-state index in [1.165, 1.54) is 23.5 Å². The number of nitrogens with zero attached hydrogens (tertiary/aromatic N) is 2. The summed E-state index contributed by atoms with van der Waals surface area (Å²) >= 11 is 7.85. The van der Waals surface area contributed by atoms with E-state index >= 15 is 0 Å². The standard InChI is InChI=1S/C26H24ClFN4O2S/c1-3-26(4-2)14-32(23-20(33)12-10-16(27)22(23)26)19-8-6-5-7-17(19)29-24(34)31-25-30-18-11-9-15(28)13-21(18)35-25/h5-13,33H,3-4,14H2,1-2H3,(H2,29,30,31,34). The monoisotopic (exact) mass is 510 g/mol. The second-order valence-corrected chi connectivity index (χ2v) is 10.0. The Balaban J connectivity index is 1.47. The maximum absolute atomic E-state index is 13.5.